The first-order valence-corrected chi connectivity index (χ1v) is 4.76. The Labute approximate surface area is 86.2 Å². The molecule has 2 rings (SSSR count). The van der Waals surface area contributed by atoms with Crippen molar-refractivity contribution in [2.75, 3.05) is 0 Å². The third-order valence-corrected chi connectivity index (χ3v) is 2.34. The van der Waals surface area contributed by atoms with Gasteiger partial charge in [-0.1, -0.05) is 0 Å². The molecule has 0 atom stereocenters. The van der Waals surface area contributed by atoms with Crippen molar-refractivity contribution < 1.29 is 14.7 Å². The van der Waals surface area contributed by atoms with Gasteiger partial charge in [-0.3, -0.25) is 9.59 Å². The number of carboxylic acids is 1. The summed E-state index contributed by atoms with van der Waals surface area (Å²) in [4.78, 5) is 29.8. The largest absolute Gasteiger partial charge is 0.481 e. The summed E-state index contributed by atoms with van der Waals surface area (Å²) in [7, 11) is 0. The molecule has 0 saturated carbocycles. The van der Waals surface area contributed by atoms with E-state index < -0.39 is 5.97 Å². The van der Waals surface area contributed by atoms with Crippen LogP contribution in [0.2, 0.25) is 0 Å². The zero-order chi connectivity index (χ0) is 10.8. The number of Topliss-reactive ketones (excluding diaryl/α,β-unsaturated/α-hetero) is 1. The minimum atomic E-state index is -0.961. The molecule has 1 heterocycles. The van der Waals surface area contributed by atoms with E-state index in [1.54, 1.807) is 0 Å². The summed E-state index contributed by atoms with van der Waals surface area (Å²) in [6, 6.07) is 0. The van der Waals surface area contributed by atoms with E-state index >= 15 is 0 Å². The topological polar surface area (TPSA) is 80.2 Å². The molecule has 5 nitrogen and oxygen atoms in total. The van der Waals surface area contributed by atoms with Gasteiger partial charge < -0.3 is 5.11 Å². The maximum Gasteiger partial charge on any atom is 0.311 e. The van der Waals surface area contributed by atoms with Crippen molar-refractivity contribution in [3.8, 4) is 0 Å². The van der Waals surface area contributed by atoms with Crippen molar-refractivity contribution in [3.05, 3.63) is 23.3 Å². The molecule has 1 aromatic heterocycles. The number of aryl methyl sites for hydroxylation is 1. The third kappa shape index (κ3) is 2.01. The Morgan fingerprint density at radius 1 is 1.47 bits per heavy atom. The lowest BCUT2D eigenvalue weighted by molar-refractivity contribution is -0.136. The van der Waals surface area contributed by atoms with E-state index in [1.807, 2.05) is 0 Å². The van der Waals surface area contributed by atoms with Crippen LogP contribution in [0.4, 0.5) is 0 Å². The summed E-state index contributed by atoms with van der Waals surface area (Å²) in [5.41, 5.74) is 1.24. The summed E-state index contributed by atoms with van der Waals surface area (Å²) in [6.07, 6.45) is 3.31. The first-order chi connectivity index (χ1) is 7.16. The van der Waals surface area contributed by atoms with Crippen molar-refractivity contribution in [1.29, 1.82) is 0 Å². The van der Waals surface area contributed by atoms with Crippen LogP contribution < -0.4 is 0 Å². The summed E-state index contributed by atoms with van der Waals surface area (Å²) < 4.78 is 0. The van der Waals surface area contributed by atoms with Crippen LogP contribution >= 0.6 is 0 Å². The molecular formula is C10H10N2O3. The molecule has 0 bridgehead atoms. The smallest absolute Gasteiger partial charge is 0.311 e. The van der Waals surface area contributed by atoms with Crippen LogP contribution in [-0.4, -0.2) is 26.8 Å². The third-order valence-electron chi connectivity index (χ3n) is 2.34. The van der Waals surface area contributed by atoms with E-state index in [0.717, 1.165) is 12.8 Å². The molecule has 1 aliphatic carbocycles. The molecule has 5 heteroatoms. The summed E-state index contributed by atoms with van der Waals surface area (Å²) in [6.45, 7) is 0. The Morgan fingerprint density at radius 3 is 3.00 bits per heavy atom. The number of carbonyl (C=O) groups is 2. The van der Waals surface area contributed by atoms with Gasteiger partial charge in [0, 0.05) is 12.6 Å². The highest BCUT2D eigenvalue weighted by Crippen LogP contribution is 2.18. The van der Waals surface area contributed by atoms with Gasteiger partial charge in [0.25, 0.3) is 0 Å². The Kier molecular flexibility index (Phi) is 2.45. The first kappa shape index (κ1) is 9.76. The summed E-state index contributed by atoms with van der Waals surface area (Å²) >= 11 is 0. The van der Waals surface area contributed by atoms with Crippen molar-refractivity contribution in [2.45, 2.75) is 25.7 Å². The predicted octanol–water partition coefficient (Wildman–Crippen LogP) is 0.623. The van der Waals surface area contributed by atoms with Gasteiger partial charge in [-0.15, -0.1) is 0 Å². The van der Waals surface area contributed by atoms with Crippen LogP contribution in [0.3, 0.4) is 0 Å². The highest BCUT2D eigenvalue weighted by Gasteiger charge is 2.19. The number of hydrogen-bond donors (Lipinski definition) is 1. The molecule has 78 valence electrons. The fraction of sp³-hybridized carbons (Fsp3) is 0.400. The predicted molar refractivity (Wildman–Crippen MR) is 50.6 cm³/mol. The summed E-state index contributed by atoms with van der Waals surface area (Å²) in [5.74, 6) is -0.633. The number of fused-ring (bicyclic) bond motifs is 1. The van der Waals surface area contributed by atoms with Crippen molar-refractivity contribution >= 4 is 11.8 Å². The van der Waals surface area contributed by atoms with Crippen molar-refractivity contribution in [1.82, 2.24) is 9.97 Å². The molecule has 0 spiro atoms. The first-order valence-electron chi connectivity index (χ1n) is 4.76. The van der Waals surface area contributed by atoms with Crippen LogP contribution in [0.1, 0.15) is 34.7 Å². The van der Waals surface area contributed by atoms with Gasteiger partial charge in [0.2, 0.25) is 0 Å². The number of nitrogens with zero attached hydrogens (tertiary/aromatic N) is 2. The van der Waals surface area contributed by atoms with Gasteiger partial charge in [0.1, 0.15) is 12.2 Å². The van der Waals surface area contributed by atoms with Crippen molar-refractivity contribution in [2.24, 2.45) is 0 Å². The van der Waals surface area contributed by atoms with E-state index in [-0.39, 0.29) is 18.0 Å². The second-order valence-corrected chi connectivity index (χ2v) is 3.49. The molecule has 0 fully saturated rings. The van der Waals surface area contributed by atoms with Gasteiger partial charge in [-0.2, -0.15) is 0 Å². The lowest BCUT2D eigenvalue weighted by Crippen LogP contribution is -2.16. The number of carboxylic acid groups (broad SMARTS) is 1. The van der Waals surface area contributed by atoms with Gasteiger partial charge in [0.05, 0.1) is 11.3 Å². The van der Waals surface area contributed by atoms with Crippen LogP contribution in [0, 0.1) is 0 Å². The fourth-order valence-corrected chi connectivity index (χ4v) is 1.65. The SMILES string of the molecule is O=C(O)Cc1ncc2c(n1)CCCC2=O. The van der Waals surface area contributed by atoms with E-state index in [1.165, 1.54) is 6.20 Å². The van der Waals surface area contributed by atoms with Gasteiger partial charge in [-0.05, 0) is 12.8 Å². The maximum absolute atomic E-state index is 11.4. The molecule has 0 radical (unpaired) electrons. The standard InChI is InChI=1S/C10H10N2O3/c13-8-3-1-2-7-6(8)5-11-9(12-7)4-10(14)15/h5H,1-4H2,(H,14,15). The number of ketones is 1. The molecule has 0 amide bonds. The van der Waals surface area contributed by atoms with Crippen LogP contribution in [-0.2, 0) is 17.6 Å². The quantitative estimate of drug-likeness (QED) is 0.767. The Balaban J connectivity index is 2.33. The molecule has 0 aromatic carbocycles. The average molecular weight is 206 g/mol. The molecule has 1 N–H and O–H groups in total. The normalized spacial score (nSPS) is 14.8. The number of hydrogen-bond acceptors (Lipinski definition) is 4. The Hall–Kier alpha value is -1.78. The lowest BCUT2D eigenvalue weighted by atomic mass is 9.96. The van der Waals surface area contributed by atoms with Crippen LogP contribution in [0.15, 0.2) is 6.20 Å². The average Bonchev–Trinajstić information content (AvgIpc) is 2.17. The fourth-order valence-electron chi connectivity index (χ4n) is 1.65. The molecule has 0 saturated heterocycles. The minimum Gasteiger partial charge on any atom is -0.481 e. The molecule has 0 aliphatic heterocycles. The van der Waals surface area contributed by atoms with E-state index in [0.29, 0.717) is 17.7 Å². The van der Waals surface area contributed by atoms with Gasteiger partial charge in [0.15, 0.2) is 5.78 Å². The molecule has 15 heavy (non-hydrogen) atoms. The zero-order valence-corrected chi connectivity index (χ0v) is 8.06. The van der Waals surface area contributed by atoms with E-state index in [4.69, 9.17) is 5.11 Å². The van der Waals surface area contributed by atoms with Crippen molar-refractivity contribution in [3.63, 3.8) is 0 Å². The van der Waals surface area contributed by atoms with Gasteiger partial charge in [-0.25, -0.2) is 9.97 Å². The Bertz CT molecular complexity index is 429. The Morgan fingerprint density at radius 2 is 2.27 bits per heavy atom. The highest BCUT2D eigenvalue weighted by atomic mass is 16.4. The zero-order valence-electron chi connectivity index (χ0n) is 8.06. The number of carbonyl (C=O) groups excluding carboxylic acids is 1. The van der Waals surface area contributed by atoms with E-state index in [2.05, 4.69) is 9.97 Å². The molecular weight excluding hydrogens is 196 g/mol. The molecule has 0 unspecified atom stereocenters. The number of aliphatic carboxylic acids is 1. The summed E-state index contributed by atoms with van der Waals surface area (Å²) in [5, 5.41) is 8.58. The van der Waals surface area contributed by atoms with E-state index in [9.17, 15) is 9.59 Å². The second-order valence-electron chi connectivity index (χ2n) is 3.49. The number of aromatic nitrogens is 2. The lowest BCUT2D eigenvalue weighted by Gasteiger charge is -2.13. The van der Waals surface area contributed by atoms with Crippen LogP contribution in [0.5, 0.6) is 0 Å². The highest BCUT2D eigenvalue weighted by molar-refractivity contribution is 5.97. The minimum absolute atomic E-state index is 0.0538. The van der Waals surface area contributed by atoms with Gasteiger partial charge >= 0.3 is 5.97 Å². The second kappa shape index (κ2) is 3.76. The molecule has 1 aliphatic rings. The monoisotopic (exact) mass is 206 g/mol. The molecule has 1 aromatic rings. The number of rotatable bonds is 2. The maximum atomic E-state index is 11.4. The van der Waals surface area contributed by atoms with Crippen LogP contribution in [0.25, 0.3) is 0 Å².